The highest BCUT2D eigenvalue weighted by Crippen LogP contribution is 2.26. The van der Waals surface area contributed by atoms with Crippen molar-refractivity contribution in [1.82, 2.24) is 3.97 Å². The number of nitrogens with zero attached hydrogens (tertiary/aromatic N) is 1. The predicted octanol–water partition coefficient (Wildman–Crippen LogP) is 2.53. The minimum absolute atomic E-state index is 0.0472. The molecule has 0 spiro atoms. The standard InChI is InChI=1S/C14H15ClN2O4S/c1-2-8-21-14(18)12-4-3-7-17(12)22(19,20)13-9-10(15)5-6-11(13)16/h3-7,9H,2,8,16H2,1H3. The van der Waals surface area contributed by atoms with Gasteiger partial charge in [0.2, 0.25) is 0 Å². The van der Waals surface area contributed by atoms with Gasteiger partial charge in [0.1, 0.15) is 10.6 Å². The number of rotatable bonds is 5. The molecule has 2 aromatic rings. The number of hydrogen-bond donors (Lipinski definition) is 1. The molecule has 0 aliphatic heterocycles. The summed E-state index contributed by atoms with van der Waals surface area (Å²) < 4.78 is 31.2. The smallest absolute Gasteiger partial charge is 0.356 e. The van der Waals surface area contributed by atoms with E-state index in [-0.39, 0.29) is 27.9 Å². The lowest BCUT2D eigenvalue weighted by Gasteiger charge is -2.12. The summed E-state index contributed by atoms with van der Waals surface area (Å²) in [6, 6.07) is 6.94. The second-order valence-corrected chi connectivity index (χ2v) is 6.73. The summed E-state index contributed by atoms with van der Waals surface area (Å²) in [6.45, 7) is 2.05. The Balaban J connectivity index is 2.50. The molecular formula is C14H15ClN2O4S. The number of hydrogen-bond acceptors (Lipinski definition) is 5. The van der Waals surface area contributed by atoms with Crippen LogP contribution in [-0.4, -0.2) is 25.0 Å². The van der Waals surface area contributed by atoms with Crippen LogP contribution in [0.25, 0.3) is 0 Å². The third kappa shape index (κ3) is 3.10. The number of nitrogens with two attached hydrogens (primary N) is 1. The highest BCUT2D eigenvalue weighted by atomic mass is 35.5. The van der Waals surface area contributed by atoms with Crippen molar-refractivity contribution in [2.75, 3.05) is 12.3 Å². The van der Waals surface area contributed by atoms with E-state index in [4.69, 9.17) is 22.1 Å². The Kier molecular flexibility index (Phi) is 4.77. The first-order valence-electron chi connectivity index (χ1n) is 6.53. The Morgan fingerprint density at radius 2 is 2.09 bits per heavy atom. The van der Waals surface area contributed by atoms with Crippen LogP contribution in [0.4, 0.5) is 5.69 Å². The van der Waals surface area contributed by atoms with Gasteiger partial charge in [-0.25, -0.2) is 17.2 Å². The molecule has 0 aliphatic rings. The molecule has 2 rings (SSSR count). The van der Waals surface area contributed by atoms with Crippen LogP contribution in [0.2, 0.25) is 5.02 Å². The number of carbonyl (C=O) groups excluding carboxylic acids is 1. The van der Waals surface area contributed by atoms with Gasteiger partial charge in [0.05, 0.1) is 12.3 Å². The topological polar surface area (TPSA) is 91.4 Å². The van der Waals surface area contributed by atoms with Crippen molar-refractivity contribution in [1.29, 1.82) is 0 Å². The Labute approximate surface area is 133 Å². The van der Waals surface area contributed by atoms with Crippen molar-refractivity contribution in [2.24, 2.45) is 0 Å². The molecular weight excluding hydrogens is 328 g/mol. The number of halogens is 1. The Hall–Kier alpha value is -1.99. The van der Waals surface area contributed by atoms with E-state index in [1.807, 2.05) is 6.92 Å². The molecule has 0 unspecified atom stereocenters. The van der Waals surface area contributed by atoms with Crippen LogP contribution in [0.1, 0.15) is 23.8 Å². The summed E-state index contributed by atoms with van der Waals surface area (Å²) in [5.74, 6) is -0.712. The van der Waals surface area contributed by atoms with Gasteiger partial charge in [-0.1, -0.05) is 18.5 Å². The lowest BCUT2D eigenvalue weighted by Crippen LogP contribution is -2.20. The van der Waals surface area contributed by atoms with Crippen LogP contribution < -0.4 is 5.73 Å². The number of benzene rings is 1. The van der Waals surface area contributed by atoms with E-state index < -0.39 is 16.0 Å². The maximum Gasteiger partial charge on any atom is 0.356 e. The van der Waals surface area contributed by atoms with E-state index in [1.54, 1.807) is 0 Å². The molecule has 0 fully saturated rings. The number of esters is 1. The van der Waals surface area contributed by atoms with Crippen molar-refractivity contribution < 1.29 is 17.9 Å². The SMILES string of the molecule is CCCOC(=O)c1cccn1S(=O)(=O)c1cc(Cl)ccc1N. The van der Waals surface area contributed by atoms with Gasteiger partial charge in [0, 0.05) is 11.2 Å². The molecule has 118 valence electrons. The van der Waals surface area contributed by atoms with Gasteiger partial charge < -0.3 is 10.5 Å². The molecule has 1 heterocycles. The molecule has 0 amide bonds. The van der Waals surface area contributed by atoms with Gasteiger partial charge in [-0.3, -0.25) is 0 Å². The number of nitrogen functional groups attached to an aromatic ring is 1. The van der Waals surface area contributed by atoms with Crippen LogP contribution >= 0.6 is 11.6 Å². The third-order valence-corrected chi connectivity index (χ3v) is 4.85. The molecule has 0 saturated carbocycles. The van der Waals surface area contributed by atoms with Crippen molar-refractivity contribution in [2.45, 2.75) is 18.2 Å². The van der Waals surface area contributed by atoms with E-state index in [1.165, 1.54) is 36.5 Å². The molecule has 0 radical (unpaired) electrons. The first-order chi connectivity index (χ1) is 10.4. The maximum atomic E-state index is 12.7. The summed E-state index contributed by atoms with van der Waals surface area (Å²) in [5.41, 5.74) is 5.68. The zero-order valence-corrected chi connectivity index (χ0v) is 13.4. The first kappa shape index (κ1) is 16.4. The normalized spacial score (nSPS) is 11.4. The molecule has 1 aromatic carbocycles. The molecule has 8 heteroatoms. The second-order valence-electron chi connectivity index (χ2n) is 4.51. The van der Waals surface area contributed by atoms with Gasteiger partial charge in [-0.15, -0.1) is 0 Å². The van der Waals surface area contributed by atoms with Crippen LogP contribution in [0, 0.1) is 0 Å². The van der Waals surface area contributed by atoms with Crippen LogP contribution in [0.3, 0.4) is 0 Å². The van der Waals surface area contributed by atoms with Crippen LogP contribution in [0.15, 0.2) is 41.4 Å². The summed E-state index contributed by atoms with van der Waals surface area (Å²) >= 11 is 5.83. The maximum absolute atomic E-state index is 12.7. The van der Waals surface area contributed by atoms with Crippen molar-refractivity contribution in [3.8, 4) is 0 Å². The number of carbonyl (C=O) groups is 1. The van der Waals surface area contributed by atoms with Gasteiger partial charge >= 0.3 is 5.97 Å². The number of aromatic nitrogens is 1. The Morgan fingerprint density at radius 1 is 1.36 bits per heavy atom. The minimum atomic E-state index is -4.04. The summed E-state index contributed by atoms with van der Waals surface area (Å²) in [7, 11) is -4.04. The predicted molar refractivity (Wildman–Crippen MR) is 83.5 cm³/mol. The molecule has 22 heavy (non-hydrogen) atoms. The summed E-state index contributed by atoms with van der Waals surface area (Å²) in [6.07, 6.45) is 1.90. The Bertz CT molecular complexity index is 799. The first-order valence-corrected chi connectivity index (χ1v) is 8.34. The second kappa shape index (κ2) is 6.41. The largest absolute Gasteiger partial charge is 0.461 e. The minimum Gasteiger partial charge on any atom is -0.461 e. The monoisotopic (exact) mass is 342 g/mol. The fourth-order valence-electron chi connectivity index (χ4n) is 1.84. The third-order valence-electron chi connectivity index (χ3n) is 2.87. The van der Waals surface area contributed by atoms with Gasteiger partial charge in [0.25, 0.3) is 10.0 Å². The average Bonchev–Trinajstić information content (AvgIpc) is 2.97. The summed E-state index contributed by atoms with van der Waals surface area (Å²) in [5, 5.41) is 0.232. The van der Waals surface area contributed by atoms with Crippen molar-refractivity contribution in [3.63, 3.8) is 0 Å². The van der Waals surface area contributed by atoms with Gasteiger partial charge in [-0.05, 0) is 36.8 Å². The molecule has 0 bridgehead atoms. The van der Waals surface area contributed by atoms with Crippen molar-refractivity contribution in [3.05, 3.63) is 47.2 Å². The molecule has 0 atom stereocenters. The number of ether oxygens (including phenoxy) is 1. The zero-order valence-electron chi connectivity index (χ0n) is 11.8. The highest BCUT2D eigenvalue weighted by molar-refractivity contribution is 7.90. The van der Waals surface area contributed by atoms with Crippen LogP contribution in [0.5, 0.6) is 0 Å². The molecule has 0 aliphatic carbocycles. The lowest BCUT2D eigenvalue weighted by molar-refractivity contribution is 0.0497. The van der Waals surface area contributed by atoms with Gasteiger partial charge in [-0.2, -0.15) is 0 Å². The summed E-state index contributed by atoms with van der Waals surface area (Å²) in [4.78, 5) is 11.8. The molecule has 1 aromatic heterocycles. The molecule has 6 nitrogen and oxygen atoms in total. The fraction of sp³-hybridized carbons (Fsp3) is 0.214. The quantitative estimate of drug-likeness (QED) is 0.666. The number of anilines is 1. The molecule has 0 saturated heterocycles. The zero-order chi connectivity index (χ0) is 16.3. The molecule has 2 N–H and O–H groups in total. The van der Waals surface area contributed by atoms with Crippen LogP contribution in [-0.2, 0) is 14.8 Å². The van der Waals surface area contributed by atoms with Crippen molar-refractivity contribution >= 4 is 33.3 Å². The van der Waals surface area contributed by atoms with E-state index in [0.717, 1.165) is 3.97 Å². The lowest BCUT2D eigenvalue weighted by atomic mass is 10.3. The average molecular weight is 343 g/mol. The fourth-order valence-corrected chi connectivity index (χ4v) is 3.56. The van der Waals surface area contributed by atoms with E-state index in [9.17, 15) is 13.2 Å². The van der Waals surface area contributed by atoms with E-state index >= 15 is 0 Å². The van der Waals surface area contributed by atoms with Gasteiger partial charge in [0.15, 0.2) is 0 Å². The van der Waals surface area contributed by atoms with E-state index in [2.05, 4.69) is 0 Å². The Morgan fingerprint density at radius 3 is 2.77 bits per heavy atom. The highest BCUT2D eigenvalue weighted by Gasteiger charge is 2.25. The van der Waals surface area contributed by atoms with E-state index in [0.29, 0.717) is 6.42 Å².